The van der Waals surface area contributed by atoms with Gasteiger partial charge in [-0.25, -0.2) is 18.5 Å². The molecular formula is C19H15N5O5S2. The van der Waals surface area contributed by atoms with Crippen LogP contribution in [0.25, 0.3) is 11.0 Å². The minimum absolute atomic E-state index is 0.0554. The zero-order valence-corrected chi connectivity index (χ0v) is 17.4. The number of carbonyl (C=O) groups is 1. The molecule has 0 bridgehead atoms. The van der Waals surface area contributed by atoms with Crippen LogP contribution in [0, 0.1) is 0 Å². The molecule has 0 aliphatic heterocycles. The molecule has 0 saturated carbocycles. The van der Waals surface area contributed by atoms with Gasteiger partial charge in [0.2, 0.25) is 15.0 Å². The monoisotopic (exact) mass is 457 g/mol. The largest absolute Gasteiger partial charge is 0.483 e. The van der Waals surface area contributed by atoms with E-state index in [9.17, 15) is 18.0 Å². The van der Waals surface area contributed by atoms with E-state index < -0.39 is 15.9 Å². The third kappa shape index (κ3) is 4.60. The predicted molar refractivity (Wildman–Crippen MR) is 114 cm³/mol. The highest BCUT2D eigenvalue weighted by atomic mass is 32.2. The summed E-state index contributed by atoms with van der Waals surface area (Å²) >= 11 is 1.20. The number of aromatic nitrogens is 3. The van der Waals surface area contributed by atoms with Gasteiger partial charge in [-0.3, -0.25) is 9.59 Å². The van der Waals surface area contributed by atoms with Crippen molar-refractivity contribution in [2.45, 2.75) is 4.90 Å². The number of nitrogens with two attached hydrogens (primary N) is 1. The van der Waals surface area contributed by atoms with Crippen LogP contribution in [0.5, 0.6) is 5.75 Å². The number of primary sulfonamides is 1. The SMILES string of the molecule is NS(=O)(=O)c1ccc(NC(=O)COc2ccccc2/C=c2\sc3ncnn3c2=O)cc1. The van der Waals surface area contributed by atoms with Gasteiger partial charge in [0.05, 0.1) is 9.43 Å². The molecule has 12 heteroatoms. The Kier molecular flexibility index (Phi) is 5.50. The lowest BCUT2D eigenvalue weighted by Gasteiger charge is -2.10. The molecule has 3 N–H and O–H groups in total. The number of thiazole rings is 1. The lowest BCUT2D eigenvalue weighted by molar-refractivity contribution is -0.118. The van der Waals surface area contributed by atoms with Crippen LogP contribution in [0.15, 0.2) is 64.5 Å². The van der Waals surface area contributed by atoms with E-state index in [4.69, 9.17) is 9.88 Å². The maximum absolute atomic E-state index is 12.3. The van der Waals surface area contributed by atoms with Crippen molar-refractivity contribution in [1.29, 1.82) is 0 Å². The number of carbonyl (C=O) groups excluding carboxylic acids is 1. The van der Waals surface area contributed by atoms with E-state index in [0.29, 0.717) is 26.5 Å². The Morgan fingerprint density at radius 2 is 1.94 bits per heavy atom. The van der Waals surface area contributed by atoms with E-state index in [1.165, 1.54) is 46.4 Å². The van der Waals surface area contributed by atoms with Crippen LogP contribution in [-0.2, 0) is 14.8 Å². The van der Waals surface area contributed by atoms with E-state index in [0.717, 1.165) is 0 Å². The lowest BCUT2D eigenvalue weighted by Crippen LogP contribution is -2.23. The first-order valence-corrected chi connectivity index (χ1v) is 11.2. The normalized spacial score (nSPS) is 12.2. The highest BCUT2D eigenvalue weighted by Gasteiger charge is 2.10. The maximum Gasteiger partial charge on any atom is 0.291 e. The summed E-state index contributed by atoms with van der Waals surface area (Å²) in [6.07, 6.45) is 2.97. The topological polar surface area (TPSA) is 146 Å². The number of rotatable bonds is 6. The second-order valence-electron chi connectivity index (χ2n) is 6.31. The Hall–Kier alpha value is -3.61. The van der Waals surface area contributed by atoms with Gasteiger partial charge in [-0.05, 0) is 36.4 Å². The van der Waals surface area contributed by atoms with Gasteiger partial charge in [-0.2, -0.15) is 9.61 Å². The molecule has 4 aromatic rings. The van der Waals surface area contributed by atoms with Crippen LogP contribution in [0.2, 0.25) is 0 Å². The van der Waals surface area contributed by atoms with Crippen molar-refractivity contribution < 1.29 is 17.9 Å². The fourth-order valence-corrected chi connectivity index (χ4v) is 4.11. The average Bonchev–Trinajstić information content (AvgIpc) is 3.30. The highest BCUT2D eigenvalue weighted by molar-refractivity contribution is 7.89. The van der Waals surface area contributed by atoms with Gasteiger partial charge in [-0.1, -0.05) is 29.5 Å². The van der Waals surface area contributed by atoms with Crippen LogP contribution in [0.4, 0.5) is 5.69 Å². The number of ether oxygens (including phenoxy) is 1. The first-order valence-electron chi connectivity index (χ1n) is 8.80. The molecule has 4 rings (SSSR count). The number of nitrogens with zero attached hydrogens (tertiary/aromatic N) is 3. The summed E-state index contributed by atoms with van der Waals surface area (Å²) in [6, 6.07) is 12.4. The fraction of sp³-hybridized carbons (Fsp3) is 0.0526. The summed E-state index contributed by atoms with van der Waals surface area (Å²) in [5.74, 6) is -0.0258. The second-order valence-corrected chi connectivity index (χ2v) is 8.88. The summed E-state index contributed by atoms with van der Waals surface area (Å²) in [5.41, 5.74) is 0.730. The zero-order chi connectivity index (χ0) is 22.0. The van der Waals surface area contributed by atoms with Gasteiger partial charge >= 0.3 is 0 Å². The van der Waals surface area contributed by atoms with Gasteiger partial charge in [0.15, 0.2) is 6.61 Å². The summed E-state index contributed by atoms with van der Waals surface area (Å²) in [7, 11) is -3.80. The first kappa shape index (κ1) is 20.7. The van der Waals surface area contributed by atoms with Gasteiger partial charge in [0, 0.05) is 11.3 Å². The standard InChI is InChI=1S/C19H15N5O5S2/c20-31(27,28)14-7-5-13(6-8-14)23-17(25)10-29-15-4-2-1-3-12(15)9-16-18(26)24-19(30-16)21-11-22-24/h1-9,11H,10H2,(H,23,25)(H2,20,27,28)/b16-9-. The number of benzene rings is 2. The molecule has 0 aliphatic carbocycles. The van der Waals surface area contributed by atoms with E-state index in [2.05, 4.69) is 15.4 Å². The Morgan fingerprint density at radius 1 is 1.19 bits per heavy atom. The summed E-state index contributed by atoms with van der Waals surface area (Å²) < 4.78 is 29.8. The lowest BCUT2D eigenvalue weighted by atomic mass is 10.2. The van der Waals surface area contributed by atoms with Gasteiger partial charge in [0.1, 0.15) is 12.1 Å². The summed E-state index contributed by atoms with van der Waals surface area (Å²) in [6.45, 7) is -0.290. The molecule has 1 amide bonds. The number of anilines is 1. The van der Waals surface area contributed by atoms with Gasteiger partial charge in [0.25, 0.3) is 11.5 Å². The number of hydrogen-bond acceptors (Lipinski definition) is 8. The molecule has 2 aromatic carbocycles. The van der Waals surface area contributed by atoms with Crippen LogP contribution in [0.3, 0.4) is 0 Å². The molecule has 0 aliphatic rings. The van der Waals surface area contributed by atoms with Gasteiger partial charge in [-0.15, -0.1) is 0 Å². The third-order valence-corrected chi connectivity index (χ3v) is 6.05. The van der Waals surface area contributed by atoms with E-state index >= 15 is 0 Å². The minimum Gasteiger partial charge on any atom is -0.483 e. The summed E-state index contributed by atoms with van der Waals surface area (Å²) in [4.78, 5) is 29.0. The molecule has 0 radical (unpaired) electrons. The van der Waals surface area contributed by atoms with Crippen molar-refractivity contribution in [2.24, 2.45) is 5.14 Å². The molecule has 2 heterocycles. The smallest absolute Gasteiger partial charge is 0.291 e. The van der Waals surface area contributed by atoms with E-state index in [-0.39, 0.29) is 17.1 Å². The predicted octanol–water partition coefficient (Wildman–Crippen LogP) is 0.364. The molecular weight excluding hydrogens is 442 g/mol. The van der Waals surface area contributed by atoms with Crippen molar-refractivity contribution in [2.75, 3.05) is 11.9 Å². The zero-order valence-electron chi connectivity index (χ0n) is 15.8. The second kappa shape index (κ2) is 8.26. The Bertz CT molecular complexity index is 1480. The molecule has 0 atom stereocenters. The van der Waals surface area contributed by atoms with Crippen molar-refractivity contribution in [3.05, 3.63) is 75.3 Å². The number of para-hydroxylation sites is 1. The van der Waals surface area contributed by atoms with Crippen molar-refractivity contribution in [1.82, 2.24) is 14.6 Å². The van der Waals surface area contributed by atoms with Crippen molar-refractivity contribution in [3.63, 3.8) is 0 Å². The van der Waals surface area contributed by atoms with Crippen LogP contribution in [-0.4, -0.2) is 35.5 Å². The van der Waals surface area contributed by atoms with Crippen LogP contribution >= 0.6 is 11.3 Å². The quantitative estimate of drug-likeness (QED) is 0.425. The number of amides is 1. The minimum atomic E-state index is -3.80. The number of hydrogen-bond donors (Lipinski definition) is 2. The van der Waals surface area contributed by atoms with Crippen LogP contribution < -0.4 is 25.3 Å². The molecule has 0 unspecified atom stereocenters. The Labute approximate surface area is 179 Å². The number of sulfonamides is 1. The third-order valence-electron chi connectivity index (χ3n) is 4.15. The molecule has 10 nitrogen and oxygen atoms in total. The first-order chi connectivity index (χ1) is 14.8. The number of nitrogens with one attached hydrogen (secondary N) is 1. The summed E-state index contributed by atoms with van der Waals surface area (Å²) in [5, 5.41) is 11.5. The fourth-order valence-electron chi connectivity index (χ4n) is 2.72. The number of fused-ring (bicyclic) bond motifs is 1. The van der Waals surface area contributed by atoms with E-state index in [1.54, 1.807) is 30.3 Å². The maximum atomic E-state index is 12.3. The molecule has 31 heavy (non-hydrogen) atoms. The van der Waals surface area contributed by atoms with Gasteiger partial charge < -0.3 is 10.1 Å². The molecule has 0 saturated heterocycles. The van der Waals surface area contributed by atoms with Crippen molar-refractivity contribution in [3.8, 4) is 5.75 Å². The molecule has 0 spiro atoms. The molecule has 2 aromatic heterocycles. The molecule has 158 valence electrons. The Morgan fingerprint density at radius 3 is 2.65 bits per heavy atom. The van der Waals surface area contributed by atoms with Crippen LogP contribution in [0.1, 0.15) is 5.56 Å². The van der Waals surface area contributed by atoms with E-state index in [1.807, 2.05) is 0 Å². The highest BCUT2D eigenvalue weighted by Crippen LogP contribution is 2.19. The Balaban J connectivity index is 1.47. The average molecular weight is 457 g/mol. The van der Waals surface area contributed by atoms with Crippen molar-refractivity contribution >= 4 is 44.0 Å². The molecule has 0 fully saturated rings.